The topological polar surface area (TPSA) is 93.9 Å². The molecular formula is C18H27N3O4. The van der Waals surface area contributed by atoms with Gasteiger partial charge in [0.05, 0.1) is 12.7 Å². The van der Waals surface area contributed by atoms with Gasteiger partial charge in [-0.25, -0.2) is 4.79 Å². The summed E-state index contributed by atoms with van der Waals surface area (Å²) >= 11 is 0. The van der Waals surface area contributed by atoms with Crippen molar-refractivity contribution in [3.05, 3.63) is 23.8 Å². The van der Waals surface area contributed by atoms with E-state index in [4.69, 9.17) is 15.2 Å². The highest BCUT2D eigenvalue weighted by atomic mass is 16.6. The largest absolute Gasteiger partial charge is 0.496 e. The lowest BCUT2D eigenvalue weighted by molar-refractivity contribution is 0.0210. The maximum atomic E-state index is 12.1. The Morgan fingerprint density at radius 1 is 1.24 bits per heavy atom. The minimum Gasteiger partial charge on any atom is -0.496 e. The van der Waals surface area contributed by atoms with Crippen LogP contribution in [0.1, 0.15) is 44.0 Å². The second-order valence-electron chi connectivity index (χ2n) is 7.17. The Balaban J connectivity index is 1.92. The van der Waals surface area contributed by atoms with Crippen molar-refractivity contribution < 1.29 is 19.1 Å². The Labute approximate surface area is 148 Å². The first kappa shape index (κ1) is 18.9. The van der Waals surface area contributed by atoms with Crippen LogP contribution in [0.25, 0.3) is 0 Å². The summed E-state index contributed by atoms with van der Waals surface area (Å²) in [7, 11) is 1.50. The molecule has 25 heavy (non-hydrogen) atoms. The van der Waals surface area contributed by atoms with Crippen molar-refractivity contribution in [2.75, 3.05) is 25.5 Å². The van der Waals surface area contributed by atoms with Gasteiger partial charge in [-0.2, -0.15) is 0 Å². The zero-order valence-corrected chi connectivity index (χ0v) is 15.3. The lowest BCUT2D eigenvalue weighted by Crippen LogP contribution is -2.44. The van der Waals surface area contributed by atoms with Gasteiger partial charge in [-0.3, -0.25) is 4.79 Å². The van der Waals surface area contributed by atoms with Crippen LogP contribution in [-0.4, -0.2) is 48.7 Å². The summed E-state index contributed by atoms with van der Waals surface area (Å²) in [5.74, 6) is -0.0715. The number of hydrogen-bond donors (Lipinski definition) is 2. The molecule has 0 unspecified atom stereocenters. The molecule has 3 N–H and O–H groups in total. The number of anilines is 1. The summed E-state index contributed by atoms with van der Waals surface area (Å²) in [6.07, 6.45) is 1.37. The van der Waals surface area contributed by atoms with Crippen LogP contribution in [0.5, 0.6) is 5.75 Å². The summed E-state index contributed by atoms with van der Waals surface area (Å²) < 4.78 is 10.6. The zero-order valence-electron chi connectivity index (χ0n) is 15.3. The van der Waals surface area contributed by atoms with Crippen molar-refractivity contribution >= 4 is 17.7 Å². The van der Waals surface area contributed by atoms with Gasteiger partial charge in [0.25, 0.3) is 5.91 Å². The average molecular weight is 349 g/mol. The fraction of sp³-hybridized carbons (Fsp3) is 0.556. The number of carbonyl (C=O) groups excluding carboxylic acids is 2. The molecule has 1 aliphatic rings. The second-order valence-corrected chi connectivity index (χ2v) is 7.17. The van der Waals surface area contributed by atoms with Gasteiger partial charge in [0.2, 0.25) is 0 Å². The maximum Gasteiger partial charge on any atom is 0.410 e. The Hall–Kier alpha value is -2.44. The third-order valence-corrected chi connectivity index (χ3v) is 3.98. The van der Waals surface area contributed by atoms with Crippen LogP contribution in [0, 0.1) is 0 Å². The third kappa shape index (κ3) is 5.27. The lowest BCUT2D eigenvalue weighted by atomic mass is 10.0. The van der Waals surface area contributed by atoms with E-state index in [1.54, 1.807) is 17.0 Å². The highest BCUT2D eigenvalue weighted by molar-refractivity contribution is 5.96. The maximum absolute atomic E-state index is 12.1. The van der Waals surface area contributed by atoms with Crippen molar-refractivity contribution in [3.63, 3.8) is 0 Å². The first-order chi connectivity index (χ1) is 11.7. The second kappa shape index (κ2) is 7.63. The molecule has 2 rings (SSSR count). The molecule has 1 heterocycles. The molecule has 0 radical (unpaired) electrons. The van der Waals surface area contributed by atoms with Gasteiger partial charge in [-0.05, 0) is 45.7 Å². The molecule has 2 amide bonds. The van der Waals surface area contributed by atoms with Crippen molar-refractivity contribution in [2.45, 2.75) is 45.3 Å². The van der Waals surface area contributed by atoms with Gasteiger partial charge in [0.15, 0.2) is 0 Å². The van der Waals surface area contributed by atoms with Crippen LogP contribution >= 0.6 is 0 Å². The van der Waals surface area contributed by atoms with E-state index in [9.17, 15) is 9.59 Å². The zero-order chi connectivity index (χ0) is 18.6. The molecule has 0 atom stereocenters. The molecule has 1 aromatic rings. The van der Waals surface area contributed by atoms with E-state index >= 15 is 0 Å². The number of piperidine rings is 1. The number of rotatable bonds is 4. The van der Waals surface area contributed by atoms with Crippen LogP contribution < -0.4 is 15.8 Å². The normalized spacial score (nSPS) is 15.6. The highest BCUT2D eigenvalue weighted by Crippen LogP contribution is 2.25. The molecule has 0 saturated carbocycles. The standard InChI is InChI=1S/C18H27N3O4/c1-18(2,3)25-17(23)21-9-7-12(8-10-21)20-13-5-6-14(16(19)22)15(11-13)24-4/h5-6,11-12,20H,7-10H2,1-4H3,(H2,19,22). The summed E-state index contributed by atoms with van der Waals surface area (Å²) in [6.45, 7) is 6.87. The molecule has 0 bridgehead atoms. The summed E-state index contributed by atoms with van der Waals surface area (Å²) in [6, 6.07) is 5.46. The van der Waals surface area contributed by atoms with E-state index in [1.165, 1.54) is 7.11 Å². The van der Waals surface area contributed by atoms with E-state index in [-0.39, 0.29) is 12.1 Å². The average Bonchev–Trinajstić information content (AvgIpc) is 2.53. The van der Waals surface area contributed by atoms with Gasteiger partial charge < -0.3 is 25.4 Å². The number of nitrogens with two attached hydrogens (primary N) is 1. The van der Waals surface area contributed by atoms with Crippen LogP contribution in [0.15, 0.2) is 18.2 Å². The Morgan fingerprint density at radius 2 is 1.88 bits per heavy atom. The van der Waals surface area contributed by atoms with Gasteiger partial charge in [-0.15, -0.1) is 0 Å². The van der Waals surface area contributed by atoms with E-state index in [2.05, 4.69) is 5.32 Å². The number of nitrogens with zero attached hydrogens (tertiary/aromatic N) is 1. The molecule has 138 valence electrons. The van der Waals surface area contributed by atoms with Gasteiger partial charge in [0.1, 0.15) is 11.4 Å². The molecule has 0 aromatic heterocycles. The molecule has 1 fully saturated rings. The first-order valence-electron chi connectivity index (χ1n) is 8.42. The number of hydrogen-bond acceptors (Lipinski definition) is 5. The summed E-state index contributed by atoms with van der Waals surface area (Å²) in [4.78, 5) is 25.2. The summed E-state index contributed by atoms with van der Waals surface area (Å²) in [5.41, 5.74) is 6.06. The predicted molar refractivity (Wildman–Crippen MR) is 96.0 cm³/mol. The fourth-order valence-corrected chi connectivity index (χ4v) is 2.75. The van der Waals surface area contributed by atoms with Crippen LogP contribution in [0.2, 0.25) is 0 Å². The molecular weight excluding hydrogens is 322 g/mol. The third-order valence-electron chi connectivity index (χ3n) is 3.98. The Kier molecular flexibility index (Phi) is 5.77. The number of carbonyl (C=O) groups is 2. The van der Waals surface area contributed by atoms with Gasteiger partial charge in [0, 0.05) is 30.9 Å². The molecule has 7 heteroatoms. The van der Waals surface area contributed by atoms with Crippen LogP contribution in [-0.2, 0) is 4.74 Å². The van der Waals surface area contributed by atoms with Gasteiger partial charge in [-0.1, -0.05) is 0 Å². The molecule has 0 spiro atoms. The van der Waals surface area contributed by atoms with Crippen molar-refractivity contribution in [1.29, 1.82) is 0 Å². The molecule has 7 nitrogen and oxygen atoms in total. The van der Waals surface area contributed by atoms with E-state index in [0.717, 1.165) is 18.5 Å². The molecule has 1 aliphatic heterocycles. The Bertz CT molecular complexity index is 632. The number of likely N-dealkylation sites (tertiary alicyclic amines) is 1. The van der Waals surface area contributed by atoms with Crippen molar-refractivity contribution in [2.24, 2.45) is 5.73 Å². The smallest absolute Gasteiger partial charge is 0.410 e. The van der Waals surface area contributed by atoms with Crippen LogP contribution in [0.3, 0.4) is 0 Å². The van der Waals surface area contributed by atoms with E-state index in [1.807, 2.05) is 26.8 Å². The van der Waals surface area contributed by atoms with Crippen molar-refractivity contribution in [1.82, 2.24) is 4.90 Å². The minimum absolute atomic E-state index is 0.239. The quantitative estimate of drug-likeness (QED) is 0.871. The predicted octanol–water partition coefficient (Wildman–Crippen LogP) is 2.61. The van der Waals surface area contributed by atoms with Gasteiger partial charge >= 0.3 is 6.09 Å². The lowest BCUT2D eigenvalue weighted by Gasteiger charge is -2.34. The Morgan fingerprint density at radius 3 is 2.40 bits per heavy atom. The molecule has 0 aliphatic carbocycles. The SMILES string of the molecule is COc1cc(NC2CCN(C(=O)OC(C)(C)C)CC2)ccc1C(N)=O. The molecule has 1 saturated heterocycles. The van der Waals surface area contributed by atoms with Crippen molar-refractivity contribution in [3.8, 4) is 5.75 Å². The number of methoxy groups -OCH3 is 1. The number of benzene rings is 1. The number of ether oxygens (including phenoxy) is 2. The highest BCUT2D eigenvalue weighted by Gasteiger charge is 2.26. The van der Waals surface area contributed by atoms with Crippen LogP contribution in [0.4, 0.5) is 10.5 Å². The monoisotopic (exact) mass is 349 g/mol. The van der Waals surface area contributed by atoms with E-state index in [0.29, 0.717) is 24.4 Å². The number of primary amides is 1. The molecule has 1 aromatic carbocycles. The minimum atomic E-state index is -0.519. The summed E-state index contributed by atoms with van der Waals surface area (Å²) in [5, 5.41) is 3.42. The first-order valence-corrected chi connectivity index (χ1v) is 8.42. The van der Waals surface area contributed by atoms with E-state index < -0.39 is 11.5 Å². The number of amides is 2. The fourth-order valence-electron chi connectivity index (χ4n) is 2.75. The number of nitrogens with one attached hydrogen (secondary N) is 1.